The molecule has 0 saturated carbocycles. The van der Waals surface area contributed by atoms with Crippen LogP contribution in [0.2, 0.25) is 0 Å². The molecule has 0 aliphatic carbocycles. The Balaban J connectivity index is 1.94. The summed E-state index contributed by atoms with van der Waals surface area (Å²) in [5, 5.41) is 6.09. The van der Waals surface area contributed by atoms with Gasteiger partial charge >= 0.3 is 6.18 Å². The van der Waals surface area contributed by atoms with Crippen LogP contribution < -0.4 is 20.4 Å². The van der Waals surface area contributed by atoms with Crippen molar-refractivity contribution in [2.75, 3.05) is 30.4 Å². The van der Waals surface area contributed by atoms with Crippen molar-refractivity contribution in [2.45, 2.75) is 26.4 Å². The topological polar surface area (TPSA) is 83.0 Å². The molecular formula is C22H25F3N4O3. The predicted molar refractivity (Wildman–Crippen MR) is 117 cm³/mol. The number of nitrogens with zero attached hydrogens (tertiary/aromatic N) is 2. The smallest absolute Gasteiger partial charge is 0.416 e. The molecule has 2 N–H and O–H groups in total. The first-order valence-corrected chi connectivity index (χ1v) is 9.89. The van der Waals surface area contributed by atoms with Gasteiger partial charge in [0.1, 0.15) is 12.2 Å². The van der Waals surface area contributed by atoms with E-state index in [2.05, 4.69) is 20.7 Å². The zero-order valence-electron chi connectivity index (χ0n) is 18.0. The largest absolute Gasteiger partial charge is 0.496 e. The molecule has 2 aromatic rings. The van der Waals surface area contributed by atoms with Crippen molar-refractivity contribution < 1.29 is 27.5 Å². The monoisotopic (exact) mass is 450 g/mol. The molecule has 0 bridgehead atoms. The van der Waals surface area contributed by atoms with Crippen LogP contribution in [0.5, 0.6) is 5.75 Å². The number of alkyl halides is 3. The van der Waals surface area contributed by atoms with E-state index in [1.807, 2.05) is 26.0 Å². The first-order chi connectivity index (χ1) is 15.2. The first kappa shape index (κ1) is 24.7. The number of nitrogens with one attached hydrogen (secondary N) is 2. The Kier molecular flexibility index (Phi) is 8.62. The summed E-state index contributed by atoms with van der Waals surface area (Å²) in [7, 11) is 1.52. The Bertz CT molecular complexity index is 973. The molecule has 0 aromatic heterocycles. The van der Waals surface area contributed by atoms with Gasteiger partial charge in [-0.15, -0.1) is 0 Å². The SMILES string of the molecule is CCN(CC)c1ccc(C=NNC(=O)CC(=O)Nc2cccc(C(F)(F)F)c2)c(OC)c1. The Morgan fingerprint density at radius 1 is 1.09 bits per heavy atom. The number of methoxy groups -OCH3 is 1. The molecule has 2 aromatic carbocycles. The van der Waals surface area contributed by atoms with E-state index in [9.17, 15) is 22.8 Å². The van der Waals surface area contributed by atoms with Crippen molar-refractivity contribution >= 4 is 29.4 Å². The van der Waals surface area contributed by atoms with Gasteiger partial charge in [0.2, 0.25) is 11.8 Å². The summed E-state index contributed by atoms with van der Waals surface area (Å²) in [6.07, 6.45) is -3.75. The Morgan fingerprint density at radius 2 is 1.81 bits per heavy atom. The van der Waals surface area contributed by atoms with E-state index >= 15 is 0 Å². The lowest BCUT2D eigenvalue weighted by molar-refractivity contribution is -0.137. The van der Waals surface area contributed by atoms with Crippen LogP contribution in [0, 0.1) is 0 Å². The molecule has 10 heteroatoms. The number of hydrogen-bond donors (Lipinski definition) is 2. The number of rotatable bonds is 9. The van der Waals surface area contributed by atoms with Crippen molar-refractivity contribution in [1.82, 2.24) is 5.43 Å². The van der Waals surface area contributed by atoms with Gasteiger partial charge in [-0.2, -0.15) is 18.3 Å². The van der Waals surface area contributed by atoms with Gasteiger partial charge in [0.15, 0.2) is 0 Å². The average molecular weight is 450 g/mol. The van der Waals surface area contributed by atoms with E-state index < -0.39 is 30.0 Å². The molecule has 0 unspecified atom stereocenters. The molecule has 0 aliphatic rings. The number of amides is 2. The fourth-order valence-electron chi connectivity index (χ4n) is 2.93. The van der Waals surface area contributed by atoms with Crippen LogP contribution in [0.25, 0.3) is 0 Å². The van der Waals surface area contributed by atoms with Gasteiger partial charge in [-0.05, 0) is 44.2 Å². The molecule has 0 fully saturated rings. The molecule has 2 rings (SSSR count). The van der Waals surface area contributed by atoms with Crippen molar-refractivity contribution in [3.05, 3.63) is 53.6 Å². The molecule has 0 aliphatic heterocycles. The fraction of sp³-hybridized carbons (Fsp3) is 0.318. The van der Waals surface area contributed by atoms with Crippen molar-refractivity contribution in [1.29, 1.82) is 0 Å². The number of ether oxygens (including phenoxy) is 1. The summed E-state index contributed by atoms with van der Waals surface area (Å²) in [4.78, 5) is 26.0. The highest BCUT2D eigenvalue weighted by Crippen LogP contribution is 2.30. The van der Waals surface area contributed by atoms with Crippen LogP contribution in [0.4, 0.5) is 24.5 Å². The number of carbonyl (C=O) groups excluding carboxylic acids is 2. The molecule has 7 nitrogen and oxygen atoms in total. The van der Waals surface area contributed by atoms with Crippen LogP contribution in [0.1, 0.15) is 31.4 Å². The molecule has 32 heavy (non-hydrogen) atoms. The van der Waals surface area contributed by atoms with Gasteiger partial charge < -0.3 is 15.0 Å². The maximum absolute atomic E-state index is 12.7. The van der Waals surface area contributed by atoms with E-state index in [4.69, 9.17) is 4.74 Å². The van der Waals surface area contributed by atoms with Crippen LogP contribution in [0.15, 0.2) is 47.6 Å². The molecule has 0 spiro atoms. The van der Waals surface area contributed by atoms with E-state index in [-0.39, 0.29) is 5.69 Å². The zero-order chi connectivity index (χ0) is 23.7. The Hall–Kier alpha value is -3.56. The first-order valence-electron chi connectivity index (χ1n) is 9.89. The van der Waals surface area contributed by atoms with E-state index in [1.54, 1.807) is 6.07 Å². The summed E-state index contributed by atoms with van der Waals surface area (Å²) in [5.41, 5.74) is 2.87. The highest BCUT2D eigenvalue weighted by molar-refractivity contribution is 6.03. The predicted octanol–water partition coefficient (Wildman–Crippen LogP) is 4.04. The highest BCUT2D eigenvalue weighted by Gasteiger charge is 2.30. The molecule has 0 radical (unpaired) electrons. The number of hydrogen-bond acceptors (Lipinski definition) is 5. The van der Waals surface area contributed by atoms with Crippen molar-refractivity contribution in [3.63, 3.8) is 0 Å². The lowest BCUT2D eigenvalue weighted by Gasteiger charge is -2.21. The van der Waals surface area contributed by atoms with Gasteiger partial charge in [0.05, 0.1) is 18.9 Å². The third-order valence-corrected chi connectivity index (χ3v) is 4.53. The van der Waals surface area contributed by atoms with Crippen LogP contribution in [-0.4, -0.2) is 38.2 Å². The maximum atomic E-state index is 12.7. The van der Waals surface area contributed by atoms with Gasteiger partial charge in [-0.1, -0.05) is 6.07 Å². The van der Waals surface area contributed by atoms with Gasteiger partial charge in [0.25, 0.3) is 0 Å². The van der Waals surface area contributed by atoms with Gasteiger partial charge in [-0.25, -0.2) is 5.43 Å². The number of hydrazone groups is 1. The molecular weight excluding hydrogens is 425 g/mol. The number of benzene rings is 2. The Labute approximate surface area is 184 Å². The standard InChI is InChI=1S/C22H25F3N4O3/c1-4-29(5-2)18-10-9-15(19(12-18)32-3)14-26-28-21(31)13-20(30)27-17-8-6-7-16(11-17)22(23,24)25/h6-12,14H,4-5,13H2,1-3H3,(H,27,30)(H,28,31). The molecule has 0 heterocycles. The quantitative estimate of drug-likeness (QED) is 0.343. The minimum Gasteiger partial charge on any atom is -0.496 e. The normalized spacial score (nSPS) is 11.3. The molecule has 0 saturated heterocycles. The van der Waals surface area contributed by atoms with Crippen molar-refractivity contribution in [3.8, 4) is 5.75 Å². The van der Waals surface area contributed by atoms with E-state index in [1.165, 1.54) is 25.5 Å². The Morgan fingerprint density at radius 3 is 2.44 bits per heavy atom. The number of halogens is 3. The third-order valence-electron chi connectivity index (χ3n) is 4.53. The molecule has 2 amide bonds. The van der Waals surface area contributed by atoms with Crippen LogP contribution >= 0.6 is 0 Å². The van der Waals surface area contributed by atoms with E-state index in [0.29, 0.717) is 11.3 Å². The second-order valence-corrected chi connectivity index (χ2v) is 6.70. The van der Waals surface area contributed by atoms with Gasteiger partial charge in [0, 0.05) is 36.1 Å². The second-order valence-electron chi connectivity index (χ2n) is 6.70. The van der Waals surface area contributed by atoms with E-state index in [0.717, 1.165) is 30.9 Å². The number of carbonyl (C=O) groups is 2. The second kappa shape index (κ2) is 11.2. The summed E-state index contributed by atoms with van der Waals surface area (Å²) >= 11 is 0. The van der Waals surface area contributed by atoms with Crippen LogP contribution in [-0.2, 0) is 15.8 Å². The van der Waals surface area contributed by atoms with Crippen molar-refractivity contribution in [2.24, 2.45) is 5.10 Å². The summed E-state index contributed by atoms with van der Waals surface area (Å²) in [6.45, 7) is 5.77. The summed E-state index contributed by atoms with van der Waals surface area (Å²) in [5.74, 6) is -0.919. The minimum atomic E-state index is -4.53. The fourth-order valence-corrected chi connectivity index (χ4v) is 2.93. The van der Waals surface area contributed by atoms with Gasteiger partial charge in [-0.3, -0.25) is 9.59 Å². The number of anilines is 2. The molecule has 172 valence electrons. The zero-order valence-corrected chi connectivity index (χ0v) is 18.0. The maximum Gasteiger partial charge on any atom is 0.416 e. The molecule has 0 atom stereocenters. The highest BCUT2D eigenvalue weighted by atomic mass is 19.4. The minimum absolute atomic E-state index is 0.0563. The average Bonchev–Trinajstić information content (AvgIpc) is 2.74. The lowest BCUT2D eigenvalue weighted by atomic mass is 10.2. The van der Waals surface area contributed by atoms with Crippen LogP contribution in [0.3, 0.4) is 0 Å². The lowest BCUT2D eigenvalue weighted by Crippen LogP contribution is -2.24. The third kappa shape index (κ3) is 7.00. The summed E-state index contributed by atoms with van der Waals surface area (Å²) < 4.78 is 43.6. The summed E-state index contributed by atoms with van der Waals surface area (Å²) in [6, 6.07) is 9.71.